The Labute approximate surface area is 121 Å². The zero-order valence-electron chi connectivity index (χ0n) is 11.3. The first-order valence-electron chi connectivity index (χ1n) is 6.20. The normalized spacial score (nSPS) is 19.4. The van der Waals surface area contributed by atoms with Crippen molar-refractivity contribution in [1.82, 2.24) is 4.90 Å². The lowest BCUT2D eigenvalue weighted by Gasteiger charge is -2.32. The largest absolute Gasteiger partial charge is 0.488 e. The standard InChI is InChI=1S/C14H18BrNO3/c1-14(2,3)12-8-16(13(17)18)7-9-6-10(15)4-5-11(9)19-12/h4-6,12H,7-8H2,1-3H3,(H,17,18). The summed E-state index contributed by atoms with van der Waals surface area (Å²) in [5, 5.41) is 9.30. The van der Waals surface area contributed by atoms with Gasteiger partial charge in [-0.2, -0.15) is 0 Å². The molecule has 1 unspecified atom stereocenters. The molecule has 0 aromatic heterocycles. The fourth-order valence-corrected chi connectivity index (χ4v) is 2.45. The van der Waals surface area contributed by atoms with Crippen molar-refractivity contribution in [2.24, 2.45) is 5.41 Å². The van der Waals surface area contributed by atoms with Crippen LogP contribution in [0.25, 0.3) is 0 Å². The first-order chi connectivity index (χ1) is 8.77. The number of carboxylic acid groups (broad SMARTS) is 1. The predicted octanol–water partition coefficient (Wildman–Crippen LogP) is 3.74. The van der Waals surface area contributed by atoms with Gasteiger partial charge in [0.05, 0.1) is 13.1 Å². The van der Waals surface area contributed by atoms with Crippen LogP contribution in [0.15, 0.2) is 22.7 Å². The number of hydrogen-bond donors (Lipinski definition) is 1. The van der Waals surface area contributed by atoms with Crippen LogP contribution in [0.2, 0.25) is 0 Å². The molecule has 0 radical (unpaired) electrons. The van der Waals surface area contributed by atoms with E-state index < -0.39 is 6.09 Å². The third kappa shape index (κ3) is 3.21. The molecule has 1 amide bonds. The molecule has 1 heterocycles. The molecule has 0 saturated carbocycles. The Kier molecular flexibility index (Phi) is 3.76. The van der Waals surface area contributed by atoms with Crippen LogP contribution in [-0.4, -0.2) is 28.7 Å². The molecule has 1 aliphatic heterocycles. The maximum absolute atomic E-state index is 11.3. The number of halogens is 1. The lowest BCUT2D eigenvalue weighted by molar-refractivity contribution is 0.0566. The Morgan fingerprint density at radius 3 is 2.74 bits per heavy atom. The van der Waals surface area contributed by atoms with Gasteiger partial charge in [-0.3, -0.25) is 0 Å². The summed E-state index contributed by atoms with van der Waals surface area (Å²) in [6, 6.07) is 5.72. The second-order valence-electron chi connectivity index (χ2n) is 5.89. The highest BCUT2D eigenvalue weighted by atomic mass is 79.9. The molecule has 0 spiro atoms. The molecule has 0 fully saturated rings. The third-order valence-electron chi connectivity index (χ3n) is 3.28. The van der Waals surface area contributed by atoms with E-state index in [9.17, 15) is 9.90 Å². The number of amides is 1. The molecule has 4 nitrogen and oxygen atoms in total. The van der Waals surface area contributed by atoms with Crippen LogP contribution in [0.4, 0.5) is 4.79 Å². The lowest BCUT2D eigenvalue weighted by Crippen LogP contribution is -2.43. The second-order valence-corrected chi connectivity index (χ2v) is 6.80. The Morgan fingerprint density at radius 1 is 1.47 bits per heavy atom. The fourth-order valence-electron chi connectivity index (χ4n) is 2.04. The Bertz CT molecular complexity index is 496. The number of hydrogen-bond acceptors (Lipinski definition) is 2. The molecule has 0 saturated heterocycles. The number of benzene rings is 1. The van der Waals surface area contributed by atoms with Crippen LogP contribution in [0.1, 0.15) is 26.3 Å². The molecule has 1 aliphatic rings. The molecule has 0 bridgehead atoms. The van der Waals surface area contributed by atoms with E-state index in [1.54, 1.807) is 0 Å². The monoisotopic (exact) mass is 327 g/mol. The third-order valence-corrected chi connectivity index (χ3v) is 3.77. The molecule has 0 aliphatic carbocycles. The van der Waals surface area contributed by atoms with Gasteiger partial charge in [-0.05, 0) is 18.2 Å². The maximum atomic E-state index is 11.3. The van der Waals surface area contributed by atoms with Crippen molar-refractivity contribution in [2.75, 3.05) is 6.54 Å². The molecule has 1 aromatic carbocycles. The van der Waals surface area contributed by atoms with Gasteiger partial charge in [-0.1, -0.05) is 36.7 Å². The van der Waals surface area contributed by atoms with Gasteiger partial charge in [-0.15, -0.1) is 0 Å². The van der Waals surface area contributed by atoms with Crippen molar-refractivity contribution in [3.8, 4) is 5.75 Å². The van der Waals surface area contributed by atoms with E-state index in [0.717, 1.165) is 15.8 Å². The number of carbonyl (C=O) groups is 1. The number of fused-ring (bicyclic) bond motifs is 1. The minimum Gasteiger partial charge on any atom is -0.488 e. The molecule has 1 atom stereocenters. The number of rotatable bonds is 0. The Balaban J connectivity index is 2.40. The van der Waals surface area contributed by atoms with Gasteiger partial charge in [0.15, 0.2) is 0 Å². The highest BCUT2D eigenvalue weighted by molar-refractivity contribution is 9.10. The van der Waals surface area contributed by atoms with E-state index in [1.807, 2.05) is 18.2 Å². The van der Waals surface area contributed by atoms with Crippen LogP contribution in [0.5, 0.6) is 5.75 Å². The van der Waals surface area contributed by atoms with Crippen LogP contribution < -0.4 is 4.74 Å². The van der Waals surface area contributed by atoms with E-state index in [1.165, 1.54) is 4.90 Å². The summed E-state index contributed by atoms with van der Waals surface area (Å²) in [4.78, 5) is 12.7. The molecule has 1 aromatic rings. The van der Waals surface area contributed by atoms with Crippen LogP contribution in [0, 0.1) is 5.41 Å². The molecule has 2 rings (SSSR count). The van der Waals surface area contributed by atoms with E-state index in [4.69, 9.17) is 4.74 Å². The smallest absolute Gasteiger partial charge is 0.407 e. The van der Waals surface area contributed by atoms with Crippen molar-refractivity contribution in [3.05, 3.63) is 28.2 Å². The van der Waals surface area contributed by atoms with Crippen molar-refractivity contribution in [1.29, 1.82) is 0 Å². The number of ether oxygens (including phenoxy) is 1. The average Bonchev–Trinajstić information content (AvgIpc) is 2.47. The van der Waals surface area contributed by atoms with Crippen LogP contribution in [0.3, 0.4) is 0 Å². The first-order valence-corrected chi connectivity index (χ1v) is 6.99. The zero-order chi connectivity index (χ0) is 14.2. The lowest BCUT2D eigenvalue weighted by atomic mass is 9.88. The predicted molar refractivity (Wildman–Crippen MR) is 76.4 cm³/mol. The summed E-state index contributed by atoms with van der Waals surface area (Å²) < 4.78 is 6.96. The molecular weight excluding hydrogens is 310 g/mol. The summed E-state index contributed by atoms with van der Waals surface area (Å²) in [7, 11) is 0. The van der Waals surface area contributed by atoms with Crippen molar-refractivity contribution < 1.29 is 14.6 Å². The minimum atomic E-state index is -0.911. The summed E-state index contributed by atoms with van der Waals surface area (Å²) in [6.07, 6.45) is -1.07. The summed E-state index contributed by atoms with van der Waals surface area (Å²) in [6.45, 7) is 6.91. The quantitative estimate of drug-likeness (QED) is 0.789. The van der Waals surface area contributed by atoms with E-state index in [0.29, 0.717) is 13.1 Å². The summed E-state index contributed by atoms with van der Waals surface area (Å²) in [5.74, 6) is 0.770. The SMILES string of the molecule is CC(C)(C)C1CN(C(=O)O)Cc2cc(Br)ccc2O1. The van der Waals surface area contributed by atoms with E-state index in [2.05, 4.69) is 36.7 Å². The Hall–Kier alpha value is -1.23. The Morgan fingerprint density at radius 2 is 2.16 bits per heavy atom. The van der Waals surface area contributed by atoms with Gasteiger partial charge >= 0.3 is 6.09 Å². The van der Waals surface area contributed by atoms with Gasteiger partial charge in [-0.25, -0.2) is 4.79 Å². The molecule has 1 N–H and O–H groups in total. The topological polar surface area (TPSA) is 49.8 Å². The van der Waals surface area contributed by atoms with Crippen molar-refractivity contribution in [3.63, 3.8) is 0 Å². The van der Waals surface area contributed by atoms with E-state index in [-0.39, 0.29) is 11.5 Å². The highest BCUT2D eigenvalue weighted by Crippen LogP contribution is 2.33. The van der Waals surface area contributed by atoms with Crippen molar-refractivity contribution in [2.45, 2.75) is 33.4 Å². The maximum Gasteiger partial charge on any atom is 0.407 e. The molecule has 19 heavy (non-hydrogen) atoms. The van der Waals surface area contributed by atoms with Crippen LogP contribution in [-0.2, 0) is 6.54 Å². The second kappa shape index (κ2) is 5.04. The van der Waals surface area contributed by atoms with Gasteiger partial charge < -0.3 is 14.7 Å². The summed E-state index contributed by atoms with van der Waals surface area (Å²) >= 11 is 3.41. The van der Waals surface area contributed by atoms with Gasteiger partial charge in [0.1, 0.15) is 11.9 Å². The highest BCUT2D eigenvalue weighted by Gasteiger charge is 2.33. The zero-order valence-corrected chi connectivity index (χ0v) is 12.9. The molecule has 5 heteroatoms. The minimum absolute atomic E-state index is 0.123. The average molecular weight is 328 g/mol. The first kappa shape index (κ1) is 14.2. The number of nitrogens with zero attached hydrogens (tertiary/aromatic N) is 1. The van der Waals surface area contributed by atoms with Gasteiger partial charge in [0.25, 0.3) is 0 Å². The van der Waals surface area contributed by atoms with Gasteiger partial charge in [0, 0.05) is 15.5 Å². The van der Waals surface area contributed by atoms with E-state index >= 15 is 0 Å². The summed E-state index contributed by atoms with van der Waals surface area (Å²) in [5.41, 5.74) is 0.770. The molecular formula is C14H18BrNO3. The van der Waals surface area contributed by atoms with Gasteiger partial charge in [0.2, 0.25) is 0 Å². The molecule has 104 valence electrons. The fraction of sp³-hybridized carbons (Fsp3) is 0.500. The van der Waals surface area contributed by atoms with Crippen molar-refractivity contribution >= 4 is 22.0 Å². The van der Waals surface area contributed by atoms with Crippen LogP contribution >= 0.6 is 15.9 Å².